The molecule has 0 bridgehead atoms. The zero-order valence-electron chi connectivity index (χ0n) is 23.1. The summed E-state index contributed by atoms with van der Waals surface area (Å²) in [6.45, 7) is 2.29. The van der Waals surface area contributed by atoms with E-state index in [-0.39, 0.29) is 5.78 Å². The molecule has 0 amide bonds. The van der Waals surface area contributed by atoms with Gasteiger partial charge in [-0.1, -0.05) is 134 Å². The third-order valence-electron chi connectivity index (χ3n) is 7.07. The Morgan fingerprint density at radius 2 is 1.22 bits per heavy atom. The zero-order chi connectivity index (χ0) is 25.7. The Morgan fingerprint density at radius 1 is 0.694 bits per heavy atom. The Kier molecular flexibility index (Phi) is 17.1. The average Bonchev–Trinajstić information content (AvgIpc) is 2.91. The SMILES string of the molecule is CCCCCCCCCCCCCCCCCCc1cccc(/C=C/C(=O)c2ccc(SC)cc2)c1. The highest BCUT2D eigenvalue weighted by Gasteiger charge is 2.02. The Balaban J connectivity index is 1.50. The van der Waals surface area contributed by atoms with Crippen LogP contribution in [0.3, 0.4) is 0 Å². The number of aryl methyl sites for hydroxylation is 1. The molecule has 2 aromatic carbocycles. The van der Waals surface area contributed by atoms with Crippen molar-refractivity contribution in [2.45, 2.75) is 121 Å². The molecule has 0 N–H and O–H groups in total. The van der Waals surface area contributed by atoms with E-state index in [9.17, 15) is 4.79 Å². The van der Waals surface area contributed by atoms with Crippen LogP contribution < -0.4 is 0 Å². The number of allylic oxidation sites excluding steroid dienone is 1. The predicted molar refractivity (Wildman–Crippen MR) is 161 cm³/mol. The molecule has 2 heteroatoms. The summed E-state index contributed by atoms with van der Waals surface area (Å²) in [5, 5.41) is 0. The Hall–Kier alpha value is -1.80. The highest BCUT2D eigenvalue weighted by Crippen LogP contribution is 2.17. The molecule has 0 heterocycles. The molecule has 0 aliphatic rings. The Labute approximate surface area is 226 Å². The first kappa shape index (κ1) is 30.4. The highest BCUT2D eigenvalue weighted by molar-refractivity contribution is 7.98. The second kappa shape index (κ2) is 20.3. The van der Waals surface area contributed by atoms with Crippen molar-refractivity contribution >= 4 is 23.6 Å². The number of carbonyl (C=O) groups excluding carboxylic acids is 1. The number of ketones is 1. The summed E-state index contributed by atoms with van der Waals surface area (Å²) in [4.78, 5) is 13.6. The first-order valence-electron chi connectivity index (χ1n) is 14.7. The fourth-order valence-electron chi connectivity index (χ4n) is 4.75. The van der Waals surface area contributed by atoms with Crippen molar-refractivity contribution in [3.8, 4) is 0 Å². The lowest BCUT2D eigenvalue weighted by Crippen LogP contribution is -1.93. The highest BCUT2D eigenvalue weighted by atomic mass is 32.2. The van der Waals surface area contributed by atoms with Gasteiger partial charge in [0.15, 0.2) is 5.78 Å². The van der Waals surface area contributed by atoms with Crippen LogP contribution in [0.5, 0.6) is 0 Å². The molecule has 0 aromatic heterocycles. The second-order valence-corrected chi connectivity index (χ2v) is 11.1. The number of unbranched alkanes of at least 4 members (excludes halogenated alkanes) is 15. The van der Waals surface area contributed by atoms with Gasteiger partial charge in [0.2, 0.25) is 0 Å². The minimum atomic E-state index is 0.0610. The smallest absolute Gasteiger partial charge is 0.185 e. The largest absolute Gasteiger partial charge is 0.289 e. The first-order valence-corrected chi connectivity index (χ1v) is 15.9. The van der Waals surface area contributed by atoms with Gasteiger partial charge in [0, 0.05) is 10.5 Å². The topological polar surface area (TPSA) is 17.1 Å². The first-order chi connectivity index (χ1) is 17.7. The summed E-state index contributed by atoms with van der Waals surface area (Å²) in [6, 6.07) is 16.5. The summed E-state index contributed by atoms with van der Waals surface area (Å²) in [6.07, 6.45) is 29.3. The summed E-state index contributed by atoms with van der Waals surface area (Å²) in [5.41, 5.74) is 3.23. The third-order valence-corrected chi connectivity index (χ3v) is 7.82. The summed E-state index contributed by atoms with van der Waals surface area (Å²) >= 11 is 1.69. The van der Waals surface area contributed by atoms with Crippen LogP contribution in [0.2, 0.25) is 0 Å². The lowest BCUT2D eigenvalue weighted by Gasteiger charge is -2.05. The fourth-order valence-corrected chi connectivity index (χ4v) is 5.16. The predicted octanol–water partition coefficient (Wildman–Crippen LogP) is 11.1. The van der Waals surface area contributed by atoms with Crippen LogP contribution in [-0.4, -0.2) is 12.0 Å². The van der Waals surface area contributed by atoms with Crippen molar-refractivity contribution in [1.82, 2.24) is 0 Å². The quantitative estimate of drug-likeness (QED) is 0.0724. The monoisotopic (exact) mass is 506 g/mol. The normalized spacial score (nSPS) is 11.4. The number of carbonyl (C=O) groups is 1. The van der Waals surface area contributed by atoms with E-state index in [1.807, 2.05) is 36.6 Å². The molecule has 1 nitrogen and oxygen atoms in total. The number of rotatable bonds is 21. The molecule has 36 heavy (non-hydrogen) atoms. The van der Waals surface area contributed by atoms with Crippen molar-refractivity contribution in [1.29, 1.82) is 0 Å². The number of hydrogen-bond donors (Lipinski definition) is 0. The van der Waals surface area contributed by atoms with Crippen molar-refractivity contribution in [3.63, 3.8) is 0 Å². The Bertz CT molecular complexity index is 852. The second-order valence-electron chi connectivity index (χ2n) is 10.2. The van der Waals surface area contributed by atoms with Gasteiger partial charge in [-0.3, -0.25) is 4.79 Å². The summed E-state index contributed by atoms with van der Waals surface area (Å²) in [5.74, 6) is 0.0610. The van der Waals surface area contributed by atoms with Crippen LogP contribution in [0, 0.1) is 0 Å². The molecule has 2 aromatic rings. The van der Waals surface area contributed by atoms with Crippen molar-refractivity contribution in [2.75, 3.05) is 6.26 Å². The summed E-state index contributed by atoms with van der Waals surface area (Å²) < 4.78 is 0. The van der Waals surface area contributed by atoms with E-state index in [1.54, 1.807) is 17.8 Å². The number of benzene rings is 2. The van der Waals surface area contributed by atoms with Crippen LogP contribution in [0.1, 0.15) is 131 Å². The van der Waals surface area contributed by atoms with Crippen LogP contribution in [0.4, 0.5) is 0 Å². The van der Waals surface area contributed by atoms with E-state index in [0.29, 0.717) is 0 Å². The van der Waals surface area contributed by atoms with Crippen LogP contribution >= 0.6 is 11.8 Å². The van der Waals surface area contributed by atoms with Gasteiger partial charge in [-0.25, -0.2) is 0 Å². The molecule has 0 saturated carbocycles. The van der Waals surface area contributed by atoms with Gasteiger partial charge in [0.25, 0.3) is 0 Å². The zero-order valence-corrected chi connectivity index (χ0v) is 23.9. The van der Waals surface area contributed by atoms with Crippen LogP contribution in [0.25, 0.3) is 6.08 Å². The molecule has 0 aliphatic carbocycles. The minimum absolute atomic E-state index is 0.0610. The molecule has 198 valence electrons. The Morgan fingerprint density at radius 3 is 1.75 bits per heavy atom. The molecule has 2 rings (SSSR count). The van der Waals surface area contributed by atoms with Crippen LogP contribution in [0.15, 0.2) is 59.5 Å². The molecular weight excluding hydrogens is 456 g/mol. The van der Waals surface area contributed by atoms with Crippen LogP contribution in [-0.2, 0) is 6.42 Å². The van der Waals surface area contributed by atoms with Gasteiger partial charge in [-0.15, -0.1) is 11.8 Å². The van der Waals surface area contributed by atoms with Crippen molar-refractivity contribution in [2.24, 2.45) is 0 Å². The van der Waals surface area contributed by atoms with Gasteiger partial charge in [-0.2, -0.15) is 0 Å². The number of hydrogen-bond acceptors (Lipinski definition) is 2. The van der Waals surface area contributed by atoms with Crippen molar-refractivity contribution < 1.29 is 4.79 Å². The van der Waals surface area contributed by atoms with E-state index in [1.165, 1.54) is 113 Å². The van der Waals surface area contributed by atoms with Gasteiger partial charge in [0.1, 0.15) is 0 Å². The molecule has 0 unspecified atom stereocenters. The fraction of sp³-hybridized carbons (Fsp3) is 0.559. The van der Waals surface area contributed by atoms with Gasteiger partial charge in [0.05, 0.1) is 0 Å². The molecule has 0 atom stereocenters. The van der Waals surface area contributed by atoms with E-state index in [4.69, 9.17) is 0 Å². The minimum Gasteiger partial charge on any atom is -0.289 e. The standard InChI is InChI=1S/C34H50OS/c1-3-4-5-6-7-8-9-10-11-12-13-14-15-16-17-18-20-30-21-19-22-31(29-30)23-28-34(35)32-24-26-33(36-2)27-25-32/h19,21-29H,3-18,20H2,1-2H3/b28-23+. The molecule has 0 fully saturated rings. The molecule has 0 saturated heterocycles. The van der Waals surface area contributed by atoms with E-state index in [2.05, 4.69) is 31.2 Å². The maximum absolute atomic E-state index is 12.4. The van der Waals surface area contributed by atoms with E-state index < -0.39 is 0 Å². The number of thioether (sulfide) groups is 1. The molecular formula is C34H50OS. The third kappa shape index (κ3) is 14.1. The molecule has 0 aliphatic heterocycles. The van der Waals surface area contributed by atoms with E-state index >= 15 is 0 Å². The lowest BCUT2D eigenvalue weighted by atomic mass is 10.0. The molecule has 0 radical (unpaired) electrons. The summed E-state index contributed by atoms with van der Waals surface area (Å²) in [7, 11) is 0. The van der Waals surface area contributed by atoms with Gasteiger partial charge >= 0.3 is 0 Å². The molecule has 0 spiro atoms. The van der Waals surface area contributed by atoms with Gasteiger partial charge in [-0.05, 0) is 60.6 Å². The maximum Gasteiger partial charge on any atom is 0.185 e. The van der Waals surface area contributed by atoms with E-state index in [0.717, 1.165) is 17.5 Å². The van der Waals surface area contributed by atoms with Crippen molar-refractivity contribution in [3.05, 3.63) is 71.3 Å². The lowest BCUT2D eigenvalue weighted by molar-refractivity contribution is 0.104. The maximum atomic E-state index is 12.4. The van der Waals surface area contributed by atoms with Gasteiger partial charge < -0.3 is 0 Å². The average molecular weight is 507 g/mol.